The Morgan fingerprint density at radius 3 is 2.42 bits per heavy atom. The minimum absolute atomic E-state index is 0.405. The van der Waals surface area contributed by atoms with Crippen LogP contribution in [0.25, 0.3) is 0 Å². The molecule has 0 aromatic heterocycles. The van der Waals surface area contributed by atoms with Crippen LogP contribution in [-0.2, 0) is 13.1 Å². The molecule has 0 aliphatic rings. The van der Waals surface area contributed by atoms with Gasteiger partial charge in [-0.1, -0.05) is 24.3 Å². The summed E-state index contributed by atoms with van der Waals surface area (Å²) in [5, 5.41) is 9.10. The van der Waals surface area contributed by atoms with Gasteiger partial charge in [0.2, 0.25) is 0 Å². The maximum atomic E-state index is 12.4. The summed E-state index contributed by atoms with van der Waals surface area (Å²) >= 11 is 0. The number of benzene rings is 1. The van der Waals surface area contributed by atoms with Crippen molar-refractivity contribution in [1.82, 2.24) is 0 Å². The summed E-state index contributed by atoms with van der Waals surface area (Å²) in [5.41, 5.74) is 1.58. The van der Waals surface area contributed by atoms with Crippen molar-refractivity contribution in [2.24, 2.45) is 0 Å². The van der Waals surface area contributed by atoms with Gasteiger partial charge in [0.05, 0.1) is 6.10 Å². The fraction of sp³-hybridized carbons (Fsp3) is 0.400. The lowest BCUT2D eigenvalue weighted by molar-refractivity contribution is 0.195. The van der Waals surface area contributed by atoms with E-state index in [4.69, 9.17) is 5.11 Å². The first-order chi connectivity index (χ1) is 5.74. The molecule has 1 rings (SSSR count). The van der Waals surface area contributed by atoms with Gasteiger partial charge in [0.25, 0.3) is 0 Å². The van der Waals surface area contributed by atoms with E-state index in [1.807, 2.05) is 12.1 Å². The molecular formula is C10H13FO. The fourth-order valence-electron chi connectivity index (χ4n) is 1.21. The first-order valence-corrected chi connectivity index (χ1v) is 4.05. The van der Waals surface area contributed by atoms with E-state index < -0.39 is 12.8 Å². The number of halogens is 1. The van der Waals surface area contributed by atoms with Gasteiger partial charge in [-0.25, -0.2) is 4.39 Å². The Morgan fingerprint density at radius 2 is 1.92 bits per heavy atom. The standard InChI is InChI=1S/C10H13FO/c1-8(12)6-9-4-2-3-5-10(9)7-11/h2-5,8,12H,6-7H2,1H3. The normalized spacial score (nSPS) is 12.9. The monoisotopic (exact) mass is 168 g/mol. The van der Waals surface area contributed by atoms with Crippen LogP contribution in [0.2, 0.25) is 0 Å². The summed E-state index contributed by atoms with van der Waals surface area (Å²) in [4.78, 5) is 0. The van der Waals surface area contributed by atoms with Gasteiger partial charge in [0.1, 0.15) is 6.67 Å². The summed E-state index contributed by atoms with van der Waals surface area (Å²) in [6, 6.07) is 7.26. The molecule has 1 nitrogen and oxygen atoms in total. The predicted molar refractivity (Wildman–Crippen MR) is 46.6 cm³/mol. The third-order valence-electron chi connectivity index (χ3n) is 1.78. The van der Waals surface area contributed by atoms with Gasteiger partial charge in [0.15, 0.2) is 0 Å². The topological polar surface area (TPSA) is 20.2 Å². The van der Waals surface area contributed by atoms with Crippen LogP contribution in [0.1, 0.15) is 18.1 Å². The van der Waals surface area contributed by atoms with Gasteiger partial charge in [-0.2, -0.15) is 0 Å². The zero-order valence-electron chi connectivity index (χ0n) is 7.13. The van der Waals surface area contributed by atoms with E-state index in [0.29, 0.717) is 12.0 Å². The highest BCUT2D eigenvalue weighted by atomic mass is 19.1. The molecule has 1 unspecified atom stereocenters. The number of rotatable bonds is 3. The summed E-state index contributed by atoms with van der Waals surface area (Å²) < 4.78 is 12.4. The number of alkyl halides is 1. The largest absolute Gasteiger partial charge is 0.393 e. The SMILES string of the molecule is CC(O)Cc1ccccc1CF. The van der Waals surface area contributed by atoms with Gasteiger partial charge >= 0.3 is 0 Å². The van der Waals surface area contributed by atoms with Crippen molar-refractivity contribution in [2.75, 3.05) is 0 Å². The molecule has 0 aliphatic carbocycles. The predicted octanol–water partition coefficient (Wildman–Crippen LogP) is 2.08. The molecule has 0 heterocycles. The van der Waals surface area contributed by atoms with E-state index >= 15 is 0 Å². The smallest absolute Gasteiger partial charge is 0.115 e. The highest BCUT2D eigenvalue weighted by Gasteiger charge is 2.03. The molecule has 66 valence electrons. The zero-order valence-corrected chi connectivity index (χ0v) is 7.13. The average molecular weight is 168 g/mol. The molecule has 0 saturated heterocycles. The summed E-state index contributed by atoms with van der Waals surface area (Å²) in [6.45, 7) is 1.25. The summed E-state index contributed by atoms with van der Waals surface area (Å²) in [5.74, 6) is 0. The molecule has 0 radical (unpaired) electrons. The van der Waals surface area contributed by atoms with E-state index in [1.54, 1.807) is 19.1 Å². The molecule has 0 saturated carbocycles. The average Bonchev–Trinajstić information content (AvgIpc) is 2.04. The van der Waals surface area contributed by atoms with Crippen molar-refractivity contribution >= 4 is 0 Å². The Bertz CT molecular complexity index is 245. The second-order valence-electron chi connectivity index (χ2n) is 2.96. The Labute approximate surface area is 71.9 Å². The summed E-state index contributed by atoms with van der Waals surface area (Å²) in [6.07, 6.45) is 0.123. The minimum atomic E-state index is -0.455. The number of aliphatic hydroxyl groups excluding tert-OH is 1. The highest BCUT2D eigenvalue weighted by Crippen LogP contribution is 2.12. The van der Waals surface area contributed by atoms with Crippen molar-refractivity contribution < 1.29 is 9.50 Å². The molecule has 0 fully saturated rings. The Balaban J connectivity index is 2.82. The van der Waals surface area contributed by atoms with Crippen molar-refractivity contribution in [1.29, 1.82) is 0 Å². The third kappa shape index (κ3) is 2.31. The van der Waals surface area contributed by atoms with Crippen LogP contribution in [0.3, 0.4) is 0 Å². The molecule has 0 aliphatic heterocycles. The maximum Gasteiger partial charge on any atom is 0.115 e. The van der Waals surface area contributed by atoms with Gasteiger partial charge in [-0.3, -0.25) is 0 Å². The van der Waals surface area contributed by atoms with Gasteiger partial charge in [-0.15, -0.1) is 0 Å². The van der Waals surface area contributed by atoms with Crippen LogP contribution in [0, 0.1) is 0 Å². The van der Waals surface area contributed by atoms with Crippen molar-refractivity contribution in [3.8, 4) is 0 Å². The molecule has 12 heavy (non-hydrogen) atoms. The lowest BCUT2D eigenvalue weighted by Gasteiger charge is -2.07. The van der Waals surface area contributed by atoms with Crippen LogP contribution in [0.5, 0.6) is 0 Å². The fourth-order valence-corrected chi connectivity index (χ4v) is 1.21. The van der Waals surface area contributed by atoms with Gasteiger partial charge in [0, 0.05) is 0 Å². The van der Waals surface area contributed by atoms with Crippen LogP contribution in [-0.4, -0.2) is 11.2 Å². The van der Waals surface area contributed by atoms with Crippen LogP contribution in [0.4, 0.5) is 4.39 Å². The lowest BCUT2D eigenvalue weighted by Crippen LogP contribution is -2.06. The second kappa shape index (κ2) is 4.21. The first kappa shape index (κ1) is 9.20. The van der Waals surface area contributed by atoms with Gasteiger partial charge < -0.3 is 5.11 Å². The first-order valence-electron chi connectivity index (χ1n) is 4.05. The molecule has 0 bridgehead atoms. The maximum absolute atomic E-state index is 12.4. The molecule has 1 N–H and O–H groups in total. The number of hydrogen-bond acceptors (Lipinski definition) is 1. The molecule has 1 aromatic rings. The molecule has 0 spiro atoms. The quantitative estimate of drug-likeness (QED) is 0.732. The second-order valence-corrected chi connectivity index (χ2v) is 2.96. The third-order valence-corrected chi connectivity index (χ3v) is 1.78. The van der Waals surface area contributed by atoms with Crippen LogP contribution >= 0.6 is 0 Å². The van der Waals surface area contributed by atoms with E-state index in [2.05, 4.69) is 0 Å². The van der Waals surface area contributed by atoms with Crippen molar-refractivity contribution in [2.45, 2.75) is 26.1 Å². The number of hydrogen-bond donors (Lipinski definition) is 1. The van der Waals surface area contributed by atoms with Crippen LogP contribution in [0.15, 0.2) is 24.3 Å². The zero-order chi connectivity index (χ0) is 8.97. The molecule has 2 heteroatoms. The minimum Gasteiger partial charge on any atom is -0.393 e. The van der Waals surface area contributed by atoms with E-state index in [0.717, 1.165) is 5.56 Å². The Hall–Kier alpha value is -0.890. The number of aliphatic hydroxyl groups is 1. The van der Waals surface area contributed by atoms with Crippen molar-refractivity contribution in [3.63, 3.8) is 0 Å². The molecule has 1 atom stereocenters. The van der Waals surface area contributed by atoms with E-state index in [9.17, 15) is 4.39 Å². The Morgan fingerprint density at radius 1 is 1.33 bits per heavy atom. The van der Waals surface area contributed by atoms with Crippen molar-refractivity contribution in [3.05, 3.63) is 35.4 Å². The molecule has 1 aromatic carbocycles. The lowest BCUT2D eigenvalue weighted by atomic mass is 10.0. The van der Waals surface area contributed by atoms with E-state index in [1.165, 1.54) is 0 Å². The molecule has 0 amide bonds. The Kier molecular flexibility index (Phi) is 3.23. The van der Waals surface area contributed by atoms with Crippen LogP contribution < -0.4 is 0 Å². The summed E-state index contributed by atoms with van der Waals surface area (Å²) in [7, 11) is 0. The molecular weight excluding hydrogens is 155 g/mol. The van der Waals surface area contributed by atoms with Gasteiger partial charge in [-0.05, 0) is 24.5 Å². The highest BCUT2D eigenvalue weighted by molar-refractivity contribution is 5.26. The van der Waals surface area contributed by atoms with E-state index in [-0.39, 0.29) is 0 Å².